The lowest BCUT2D eigenvalue weighted by atomic mass is 10.2. The number of carbonyl (C=O) groups excluding carboxylic acids is 1. The summed E-state index contributed by atoms with van der Waals surface area (Å²) in [6, 6.07) is 3.99. The number of amides is 1. The Kier molecular flexibility index (Phi) is 4.95. The van der Waals surface area contributed by atoms with Crippen LogP contribution in [0.1, 0.15) is 35.8 Å². The summed E-state index contributed by atoms with van der Waals surface area (Å²) in [6.45, 7) is 7.05. The van der Waals surface area contributed by atoms with Crippen LogP contribution in [0.4, 0.5) is 5.82 Å². The molecule has 1 unspecified atom stereocenters. The van der Waals surface area contributed by atoms with Gasteiger partial charge in [-0.05, 0) is 51.9 Å². The molecule has 1 aromatic rings. The van der Waals surface area contributed by atoms with E-state index in [0.717, 1.165) is 24.6 Å². The molecule has 0 aromatic carbocycles. The lowest BCUT2D eigenvalue weighted by molar-refractivity contribution is 0.0940. The quantitative estimate of drug-likeness (QED) is 0.858. The predicted octanol–water partition coefficient (Wildman–Crippen LogP) is 1.65. The fourth-order valence-corrected chi connectivity index (χ4v) is 2.58. The average molecular weight is 276 g/mol. The first-order valence-electron chi connectivity index (χ1n) is 7.29. The topological polar surface area (TPSA) is 57.3 Å². The maximum absolute atomic E-state index is 12.2. The number of nitrogens with zero attached hydrogens (tertiary/aromatic N) is 2. The van der Waals surface area contributed by atoms with Gasteiger partial charge in [0.25, 0.3) is 5.91 Å². The fourth-order valence-electron chi connectivity index (χ4n) is 2.58. The summed E-state index contributed by atoms with van der Waals surface area (Å²) in [6.07, 6.45) is 2.54. The Hall–Kier alpha value is -1.62. The van der Waals surface area contributed by atoms with Crippen LogP contribution in [-0.4, -0.2) is 48.5 Å². The molecule has 0 spiro atoms. The van der Waals surface area contributed by atoms with Gasteiger partial charge in [-0.2, -0.15) is 0 Å². The van der Waals surface area contributed by atoms with Crippen LogP contribution in [-0.2, 0) is 0 Å². The molecule has 2 heterocycles. The number of carbonyl (C=O) groups is 1. The molecule has 5 nitrogen and oxygen atoms in total. The Morgan fingerprint density at radius 2 is 2.10 bits per heavy atom. The van der Waals surface area contributed by atoms with E-state index in [0.29, 0.717) is 18.2 Å². The maximum atomic E-state index is 12.2. The van der Waals surface area contributed by atoms with E-state index in [-0.39, 0.29) is 5.91 Å². The fraction of sp³-hybridized carbons (Fsp3) is 0.600. The monoisotopic (exact) mass is 276 g/mol. The summed E-state index contributed by atoms with van der Waals surface area (Å²) in [5.41, 5.74) is 1.50. The standard InChI is InChI=1S/C15H24N4O/c1-11-8-13(9-14(16-3)18-11)15(20)17-10-12(2)19-6-4-5-7-19/h8-9,12H,4-7,10H2,1-3H3,(H,16,18)(H,17,20). The van der Waals surface area contributed by atoms with Gasteiger partial charge >= 0.3 is 0 Å². The van der Waals surface area contributed by atoms with Crippen LogP contribution in [0, 0.1) is 6.92 Å². The Balaban J connectivity index is 1.92. The maximum Gasteiger partial charge on any atom is 0.251 e. The lowest BCUT2D eigenvalue weighted by Gasteiger charge is -2.23. The lowest BCUT2D eigenvalue weighted by Crippen LogP contribution is -2.40. The van der Waals surface area contributed by atoms with Gasteiger partial charge in [-0.25, -0.2) is 4.98 Å². The molecule has 1 aromatic heterocycles. The van der Waals surface area contributed by atoms with Crippen LogP contribution in [0.25, 0.3) is 0 Å². The van der Waals surface area contributed by atoms with E-state index in [2.05, 4.69) is 27.4 Å². The second-order valence-electron chi connectivity index (χ2n) is 5.43. The number of pyridine rings is 1. The predicted molar refractivity (Wildman–Crippen MR) is 81.1 cm³/mol. The van der Waals surface area contributed by atoms with Gasteiger partial charge in [-0.1, -0.05) is 0 Å². The van der Waals surface area contributed by atoms with Crippen molar-refractivity contribution in [3.05, 3.63) is 23.4 Å². The first-order valence-corrected chi connectivity index (χ1v) is 7.29. The highest BCUT2D eigenvalue weighted by Gasteiger charge is 2.18. The first kappa shape index (κ1) is 14.8. The molecule has 1 aliphatic heterocycles. The van der Waals surface area contributed by atoms with Crippen molar-refractivity contribution in [2.75, 3.05) is 32.0 Å². The highest BCUT2D eigenvalue weighted by molar-refractivity contribution is 5.95. The Bertz CT molecular complexity index is 469. The van der Waals surface area contributed by atoms with Crippen molar-refractivity contribution in [1.82, 2.24) is 15.2 Å². The van der Waals surface area contributed by atoms with Crippen molar-refractivity contribution in [3.63, 3.8) is 0 Å². The summed E-state index contributed by atoms with van der Waals surface area (Å²) >= 11 is 0. The molecule has 20 heavy (non-hydrogen) atoms. The molecule has 110 valence electrons. The molecule has 0 bridgehead atoms. The second kappa shape index (κ2) is 6.70. The summed E-state index contributed by atoms with van der Waals surface area (Å²) in [5, 5.41) is 5.99. The third-order valence-corrected chi connectivity index (χ3v) is 3.79. The Labute approximate surface area is 120 Å². The number of rotatable bonds is 5. The van der Waals surface area contributed by atoms with Gasteiger partial charge in [0, 0.05) is 30.9 Å². The van der Waals surface area contributed by atoms with Gasteiger partial charge < -0.3 is 10.6 Å². The van der Waals surface area contributed by atoms with Crippen molar-refractivity contribution in [2.24, 2.45) is 0 Å². The number of anilines is 1. The highest BCUT2D eigenvalue weighted by atomic mass is 16.1. The molecule has 2 N–H and O–H groups in total. The summed E-state index contributed by atoms with van der Waals surface area (Å²) in [5.74, 6) is 0.695. The van der Waals surface area contributed by atoms with Crippen LogP contribution < -0.4 is 10.6 Å². The number of aromatic nitrogens is 1. The van der Waals surface area contributed by atoms with Gasteiger partial charge in [0.1, 0.15) is 5.82 Å². The smallest absolute Gasteiger partial charge is 0.251 e. The van der Waals surface area contributed by atoms with Crippen molar-refractivity contribution in [2.45, 2.75) is 32.7 Å². The molecule has 1 fully saturated rings. The number of nitrogens with one attached hydrogen (secondary N) is 2. The molecule has 1 aliphatic rings. The molecule has 0 aliphatic carbocycles. The molecular formula is C15H24N4O. The molecular weight excluding hydrogens is 252 g/mol. The van der Waals surface area contributed by atoms with Crippen LogP contribution in [0.5, 0.6) is 0 Å². The van der Waals surface area contributed by atoms with Crippen LogP contribution in [0.15, 0.2) is 12.1 Å². The molecule has 0 radical (unpaired) electrons. The van der Waals surface area contributed by atoms with Crippen molar-refractivity contribution < 1.29 is 4.79 Å². The van der Waals surface area contributed by atoms with Gasteiger partial charge in [0.05, 0.1) is 0 Å². The van der Waals surface area contributed by atoms with Gasteiger partial charge in [0.15, 0.2) is 0 Å². The molecule has 1 amide bonds. The first-order chi connectivity index (χ1) is 9.60. The molecule has 5 heteroatoms. The van der Waals surface area contributed by atoms with Crippen LogP contribution >= 0.6 is 0 Å². The zero-order valence-electron chi connectivity index (χ0n) is 12.6. The van der Waals surface area contributed by atoms with E-state index in [1.807, 2.05) is 13.0 Å². The van der Waals surface area contributed by atoms with Crippen molar-refractivity contribution >= 4 is 11.7 Å². The zero-order chi connectivity index (χ0) is 14.5. The molecule has 2 rings (SSSR count). The molecule has 1 atom stereocenters. The van der Waals surface area contributed by atoms with Gasteiger partial charge in [0.2, 0.25) is 0 Å². The second-order valence-corrected chi connectivity index (χ2v) is 5.43. The van der Waals surface area contributed by atoms with E-state index in [1.54, 1.807) is 13.1 Å². The van der Waals surface area contributed by atoms with Gasteiger partial charge in [-0.15, -0.1) is 0 Å². The Morgan fingerprint density at radius 3 is 2.75 bits per heavy atom. The minimum Gasteiger partial charge on any atom is -0.373 e. The van der Waals surface area contributed by atoms with Crippen LogP contribution in [0.3, 0.4) is 0 Å². The third kappa shape index (κ3) is 3.70. The minimum atomic E-state index is -0.0296. The summed E-state index contributed by atoms with van der Waals surface area (Å²) < 4.78 is 0. The summed E-state index contributed by atoms with van der Waals surface area (Å²) in [4.78, 5) is 18.9. The third-order valence-electron chi connectivity index (χ3n) is 3.79. The normalized spacial score (nSPS) is 16.9. The highest BCUT2D eigenvalue weighted by Crippen LogP contribution is 2.12. The largest absolute Gasteiger partial charge is 0.373 e. The zero-order valence-corrected chi connectivity index (χ0v) is 12.6. The Morgan fingerprint density at radius 1 is 1.40 bits per heavy atom. The SMILES string of the molecule is CNc1cc(C(=O)NCC(C)N2CCCC2)cc(C)n1. The number of likely N-dealkylation sites (tertiary alicyclic amines) is 1. The van der Waals surface area contributed by atoms with E-state index >= 15 is 0 Å². The number of hydrogen-bond acceptors (Lipinski definition) is 4. The number of hydrogen-bond donors (Lipinski definition) is 2. The van der Waals surface area contributed by atoms with Crippen molar-refractivity contribution in [1.29, 1.82) is 0 Å². The van der Waals surface area contributed by atoms with Crippen LogP contribution in [0.2, 0.25) is 0 Å². The van der Waals surface area contributed by atoms with Crippen molar-refractivity contribution in [3.8, 4) is 0 Å². The van der Waals surface area contributed by atoms with E-state index < -0.39 is 0 Å². The van der Waals surface area contributed by atoms with E-state index in [1.165, 1.54) is 12.8 Å². The average Bonchev–Trinajstić information content (AvgIpc) is 2.97. The summed E-state index contributed by atoms with van der Waals surface area (Å²) in [7, 11) is 1.80. The van der Waals surface area contributed by atoms with E-state index in [4.69, 9.17) is 0 Å². The molecule has 0 saturated carbocycles. The molecule has 1 saturated heterocycles. The van der Waals surface area contributed by atoms with E-state index in [9.17, 15) is 4.79 Å². The number of aryl methyl sites for hydroxylation is 1. The minimum absolute atomic E-state index is 0.0296. The van der Waals surface area contributed by atoms with Gasteiger partial charge in [-0.3, -0.25) is 9.69 Å².